The standard InChI is InChI=1S/C26H22F2N2O3/c1-3-32-23-11-7-5-9-18(23)21-15-19(17-8-4-6-10-20(17)29-21)25(31)30-22-14-16(2)12-13-24(22)33-26(27)28/h4-15,26H,3H2,1-2H3,(H,30,31). The molecule has 0 unspecified atom stereocenters. The summed E-state index contributed by atoms with van der Waals surface area (Å²) in [5.41, 5.74) is 3.24. The van der Waals surface area contributed by atoms with E-state index < -0.39 is 12.5 Å². The summed E-state index contributed by atoms with van der Waals surface area (Å²) in [4.78, 5) is 18.1. The van der Waals surface area contributed by atoms with E-state index in [0.29, 0.717) is 34.5 Å². The van der Waals surface area contributed by atoms with E-state index in [1.165, 1.54) is 6.07 Å². The summed E-state index contributed by atoms with van der Waals surface area (Å²) >= 11 is 0. The molecule has 1 heterocycles. The number of aromatic nitrogens is 1. The average molecular weight is 448 g/mol. The lowest BCUT2D eigenvalue weighted by molar-refractivity contribution is -0.0493. The molecule has 0 aliphatic rings. The summed E-state index contributed by atoms with van der Waals surface area (Å²) in [5.74, 6) is 0.0816. The number of para-hydroxylation sites is 2. The highest BCUT2D eigenvalue weighted by molar-refractivity contribution is 6.13. The van der Waals surface area contributed by atoms with Gasteiger partial charge in [0.2, 0.25) is 0 Å². The fraction of sp³-hybridized carbons (Fsp3) is 0.154. The second-order valence-corrected chi connectivity index (χ2v) is 7.33. The van der Waals surface area contributed by atoms with Crippen LogP contribution >= 0.6 is 0 Å². The Labute approximate surface area is 190 Å². The summed E-state index contributed by atoms with van der Waals surface area (Å²) in [5, 5.41) is 3.36. The first-order valence-corrected chi connectivity index (χ1v) is 10.4. The van der Waals surface area contributed by atoms with Gasteiger partial charge in [-0.3, -0.25) is 4.79 Å². The van der Waals surface area contributed by atoms with Crippen molar-refractivity contribution in [2.24, 2.45) is 0 Å². The topological polar surface area (TPSA) is 60.5 Å². The van der Waals surface area contributed by atoms with Crippen LogP contribution in [0.15, 0.2) is 72.8 Å². The van der Waals surface area contributed by atoms with Gasteiger partial charge in [-0.05, 0) is 55.8 Å². The lowest BCUT2D eigenvalue weighted by atomic mass is 10.0. The van der Waals surface area contributed by atoms with Crippen molar-refractivity contribution in [3.05, 3.63) is 83.9 Å². The Morgan fingerprint density at radius 2 is 1.76 bits per heavy atom. The highest BCUT2D eigenvalue weighted by Crippen LogP contribution is 2.33. The van der Waals surface area contributed by atoms with Crippen LogP contribution in [-0.4, -0.2) is 24.1 Å². The molecule has 0 atom stereocenters. The number of nitrogens with one attached hydrogen (secondary N) is 1. The number of carbonyl (C=O) groups excluding carboxylic acids is 1. The van der Waals surface area contributed by atoms with Crippen molar-refractivity contribution in [1.29, 1.82) is 0 Å². The van der Waals surface area contributed by atoms with Crippen molar-refractivity contribution in [3.63, 3.8) is 0 Å². The largest absolute Gasteiger partial charge is 0.493 e. The van der Waals surface area contributed by atoms with E-state index in [-0.39, 0.29) is 11.4 Å². The first kappa shape index (κ1) is 22.2. The molecule has 168 valence electrons. The van der Waals surface area contributed by atoms with Gasteiger partial charge in [0.25, 0.3) is 5.91 Å². The molecule has 0 fully saturated rings. The number of amides is 1. The van der Waals surface area contributed by atoms with Crippen LogP contribution in [0.1, 0.15) is 22.8 Å². The zero-order valence-electron chi connectivity index (χ0n) is 18.1. The molecule has 3 aromatic carbocycles. The lowest BCUT2D eigenvalue weighted by Crippen LogP contribution is -2.15. The Bertz CT molecular complexity index is 1310. The fourth-order valence-electron chi connectivity index (χ4n) is 3.59. The van der Waals surface area contributed by atoms with Crippen molar-refractivity contribution in [3.8, 4) is 22.8 Å². The molecule has 0 saturated carbocycles. The normalized spacial score (nSPS) is 10.9. The van der Waals surface area contributed by atoms with Crippen molar-refractivity contribution in [2.45, 2.75) is 20.5 Å². The number of halogens is 2. The Hall–Kier alpha value is -4.00. The van der Waals surface area contributed by atoms with E-state index in [4.69, 9.17) is 9.72 Å². The van der Waals surface area contributed by atoms with Gasteiger partial charge >= 0.3 is 6.61 Å². The third kappa shape index (κ3) is 4.92. The van der Waals surface area contributed by atoms with Crippen LogP contribution in [0.5, 0.6) is 11.5 Å². The lowest BCUT2D eigenvalue weighted by Gasteiger charge is -2.15. The number of ether oxygens (including phenoxy) is 2. The van der Waals surface area contributed by atoms with Gasteiger partial charge in [0.1, 0.15) is 11.5 Å². The number of pyridine rings is 1. The number of fused-ring (bicyclic) bond motifs is 1. The summed E-state index contributed by atoms with van der Waals surface area (Å²) in [6.07, 6.45) is 0. The van der Waals surface area contributed by atoms with Gasteiger partial charge in [-0.25, -0.2) is 4.98 Å². The van der Waals surface area contributed by atoms with Crippen LogP contribution in [-0.2, 0) is 0 Å². The molecule has 4 rings (SSSR count). The van der Waals surface area contributed by atoms with Crippen molar-refractivity contribution >= 4 is 22.5 Å². The molecule has 0 aliphatic carbocycles. The number of rotatable bonds is 7. The first-order valence-electron chi connectivity index (χ1n) is 10.4. The first-order chi connectivity index (χ1) is 16.0. The van der Waals surface area contributed by atoms with Gasteiger partial charge in [-0.15, -0.1) is 0 Å². The number of carbonyl (C=O) groups is 1. The summed E-state index contributed by atoms with van der Waals surface area (Å²) in [6, 6.07) is 21.0. The third-order valence-corrected chi connectivity index (χ3v) is 5.02. The van der Waals surface area contributed by atoms with Crippen LogP contribution in [0.2, 0.25) is 0 Å². The Balaban J connectivity index is 1.80. The molecule has 4 aromatic rings. The van der Waals surface area contributed by atoms with Crippen LogP contribution in [0.4, 0.5) is 14.5 Å². The second-order valence-electron chi connectivity index (χ2n) is 7.33. The van der Waals surface area contributed by atoms with Crippen molar-refractivity contribution in [1.82, 2.24) is 4.98 Å². The van der Waals surface area contributed by atoms with E-state index in [1.807, 2.05) is 49.4 Å². The summed E-state index contributed by atoms with van der Waals surface area (Å²) in [7, 11) is 0. The molecule has 0 bridgehead atoms. The maximum Gasteiger partial charge on any atom is 0.387 e. The number of alkyl halides is 2. The molecule has 0 saturated heterocycles. The maximum absolute atomic E-state index is 13.4. The molecule has 0 aliphatic heterocycles. The molecule has 1 aromatic heterocycles. The zero-order chi connectivity index (χ0) is 23.4. The molecule has 5 nitrogen and oxygen atoms in total. The van der Waals surface area contributed by atoms with Gasteiger partial charge in [0.15, 0.2) is 0 Å². The number of aryl methyl sites for hydroxylation is 1. The molecule has 0 radical (unpaired) electrons. The maximum atomic E-state index is 13.4. The molecular weight excluding hydrogens is 426 g/mol. The van der Waals surface area contributed by atoms with Gasteiger partial charge in [0.05, 0.1) is 29.1 Å². The Kier molecular flexibility index (Phi) is 6.49. The predicted octanol–water partition coefficient (Wildman–Crippen LogP) is 6.46. The van der Waals surface area contributed by atoms with Gasteiger partial charge in [0, 0.05) is 10.9 Å². The highest BCUT2D eigenvalue weighted by Gasteiger charge is 2.18. The summed E-state index contributed by atoms with van der Waals surface area (Å²) < 4.78 is 36.0. The molecule has 1 amide bonds. The number of benzene rings is 3. The molecule has 33 heavy (non-hydrogen) atoms. The van der Waals surface area contributed by atoms with E-state index >= 15 is 0 Å². The Morgan fingerprint density at radius 1 is 1.00 bits per heavy atom. The average Bonchev–Trinajstić information content (AvgIpc) is 2.80. The number of nitrogens with zero attached hydrogens (tertiary/aromatic N) is 1. The van der Waals surface area contributed by atoms with Crippen LogP contribution in [0.25, 0.3) is 22.2 Å². The number of hydrogen-bond acceptors (Lipinski definition) is 4. The van der Waals surface area contributed by atoms with E-state index in [2.05, 4.69) is 10.1 Å². The molecule has 1 N–H and O–H groups in total. The van der Waals surface area contributed by atoms with Crippen LogP contribution in [0, 0.1) is 6.92 Å². The van der Waals surface area contributed by atoms with Crippen molar-refractivity contribution < 1.29 is 23.0 Å². The monoisotopic (exact) mass is 448 g/mol. The van der Waals surface area contributed by atoms with E-state index in [1.54, 1.807) is 31.2 Å². The number of anilines is 1. The van der Waals surface area contributed by atoms with Gasteiger partial charge in [-0.2, -0.15) is 8.78 Å². The smallest absolute Gasteiger partial charge is 0.387 e. The molecule has 7 heteroatoms. The Morgan fingerprint density at radius 3 is 2.55 bits per heavy atom. The van der Waals surface area contributed by atoms with E-state index in [9.17, 15) is 13.6 Å². The van der Waals surface area contributed by atoms with E-state index in [0.717, 1.165) is 11.1 Å². The van der Waals surface area contributed by atoms with Crippen LogP contribution in [0.3, 0.4) is 0 Å². The fourth-order valence-corrected chi connectivity index (χ4v) is 3.59. The number of hydrogen-bond donors (Lipinski definition) is 1. The predicted molar refractivity (Wildman–Crippen MR) is 124 cm³/mol. The molecular formula is C26H22F2N2O3. The zero-order valence-corrected chi connectivity index (χ0v) is 18.1. The minimum absolute atomic E-state index is 0.107. The van der Waals surface area contributed by atoms with Crippen LogP contribution < -0.4 is 14.8 Å². The second kappa shape index (κ2) is 9.65. The third-order valence-electron chi connectivity index (χ3n) is 5.02. The summed E-state index contributed by atoms with van der Waals surface area (Å²) in [6.45, 7) is 1.17. The van der Waals surface area contributed by atoms with Gasteiger partial charge in [-0.1, -0.05) is 36.4 Å². The quantitative estimate of drug-likeness (QED) is 0.352. The SMILES string of the molecule is CCOc1ccccc1-c1cc(C(=O)Nc2cc(C)ccc2OC(F)F)c2ccccc2n1. The van der Waals surface area contributed by atoms with Crippen molar-refractivity contribution in [2.75, 3.05) is 11.9 Å². The molecule has 0 spiro atoms. The minimum atomic E-state index is -3.01. The highest BCUT2D eigenvalue weighted by atomic mass is 19.3. The van der Waals surface area contributed by atoms with Gasteiger partial charge < -0.3 is 14.8 Å². The minimum Gasteiger partial charge on any atom is -0.493 e.